The van der Waals surface area contributed by atoms with Gasteiger partial charge in [0.15, 0.2) is 11.5 Å². The van der Waals surface area contributed by atoms with Gasteiger partial charge in [-0.15, -0.1) is 0 Å². The Hall–Kier alpha value is -3.35. The summed E-state index contributed by atoms with van der Waals surface area (Å²) >= 11 is 0. The molecule has 2 heterocycles. The first kappa shape index (κ1) is 17.1. The smallest absolute Gasteiger partial charge is 0.310 e. The fourth-order valence-electron chi connectivity index (χ4n) is 3.11. The van der Waals surface area contributed by atoms with Crippen LogP contribution in [0.15, 0.2) is 42.5 Å². The summed E-state index contributed by atoms with van der Waals surface area (Å²) in [6.45, 7) is 0.960. The zero-order chi connectivity index (χ0) is 18.8. The second-order valence-corrected chi connectivity index (χ2v) is 6.18. The Morgan fingerprint density at radius 1 is 0.963 bits per heavy atom. The number of nitrogens with zero attached hydrogens (tertiary/aromatic N) is 1. The third kappa shape index (κ3) is 3.36. The van der Waals surface area contributed by atoms with Gasteiger partial charge in [0, 0.05) is 0 Å². The number of benzene rings is 2. The fourth-order valence-corrected chi connectivity index (χ4v) is 3.11. The highest BCUT2D eigenvalue weighted by Crippen LogP contribution is 2.31. The van der Waals surface area contributed by atoms with Crippen LogP contribution in [0, 0.1) is 0 Å². The molecule has 7 nitrogen and oxygen atoms in total. The van der Waals surface area contributed by atoms with Crippen LogP contribution in [0.1, 0.15) is 26.3 Å². The Balaban J connectivity index is 1.30. The summed E-state index contributed by atoms with van der Waals surface area (Å²) in [6, 6.07) is 11.9. The molecule has 2 aliphatic rings. The second-order valence-electron chi connectivity index (χ2n) is 6.18. The summed E-state index contributed by atoms with van der Waals surface area (Å²) in [4.78, 5) is 37.7. The summed E-state index contributed by atoms with van der Waals surface area (Å²) < 4.78 is 16.1. The lowest BCUT2D eigenvalue weighted by Gasteiger charge is -2.18. The maximum Gasteiger partial charge on any atom is 0.310 e. The molecule has 0 saturated carbocycles. The number of hydrogen-bond acceptors (Lipinski definition) is 6. The van der Waals surface area contributed by atoms with Crippen molar-refractivity contribution in [2.24, 2.45) is 0 Å². The van der Waals surface area contributed by atoms with E-state index in [4.69, 9.17) is 14.2 Å². The summed E-state index contributed by atoms with van der Waals surface area (Å²) in [5.74, 6) is 0.0989. The summed E-state index contributed by atoms with van der Waals surface area (Å²) in [7, 11) is 0. The average molecular weight is 367 g/mol. The average Bonchev–Trinajstić information content (AvgIpc) is 2.93. The molecule has 0 N–H and O–H groups in total. The predicted molar refractivity (Wildman–Crippen MR) is 93.9 cm³/mol. The number of hydrogen-bond donors (Lipinski definition) is 0. The van der Waals surface area contributed by atoms with E-state index in [9.17, 15) is 14.4 Å². The molecule has 0 atom stereocenters. The van der Waals surface area contributed by atoms with Crippen LogP contribution in [0.3, 0.4) is 0 Å². The van der Waals surface area contributed by atoms with Gasteiger partial charge in [-0.2, -0.15) is 0 Å². The van der Waals surface area contributed by atoms with Crippen LogP contribution in [-0.4, -0.2) is 49.0 Å². The van der Waals surface area contributed by atoms with Crippen molar-refractivity contribution < 1.29 is 28.6 Å². The molecule has 0 bridgehead atoms. The monoisotopic (exact) mass is 367 g/mol. The van der Waals surface area contributed by atoms with Gasteiger partial charge in [0.25, 0.3) is 11.8 Å². The van der Waals surface area contributed by atoms with E-state index in [2.05, 4.69) is 0 Å². The van der Waals surface area contributed by atoms with E-state index in [1.54, 1.807) is 42.5 Å². The predicted octanol–water partition coefficient (Wildman–Crippen LogP) is 1.84. The van der Waals surface area contributed by atoms with Crippen LogP contribution >= 0.6 is 0 Å². The molecular weight excluding hydrogens is 350 g/mol. The maximum absolute atomic E-state index is 12.2. The molecule has 0 aliphatic carbocycles. The minimum absolute atomic E-state index is 0.0270. The molecular formula is C20H17NO6. The summed E-state index contributed by atoms with van der Waals surface area (Å²) in [5.41, 5.74) is 1.50. The lowest BCUT2D eigenvalue weighted by atomic mass is 10.1. The van der Waals surface area contributed by atoms with Gasteiger partial charge < -0.3 is 14.2 Å². The molecule has 0 unspecified atom stereocenters. The van der Waals surface area contributed by atoms with Crippen molar-refractivity contribution in [1.82, 2.24) is 4.90 Å². The van der Waals surface area contributed by atoms with Crippen LogP contribution in [-0.2, 0) is 16.0 Å². The molecule has 138 valence electrons. The third-order valence-electron chi connectivity index (χ3n) is 4.41. The van der Waals surface area contributed by atoms with Crippen molar-refractivity contribution in [1.29, 1.82) is 0 Å². The Bertz CT molecular complexity index is 887. The molecule has 0 fully saturated rings. The normalized spacial score (nSPS) is 14.9. The van der Waals surface area contributed by atoms with Gasteiger partial charge in [-0.25, -0.2) is 0 Å². The van der Waals surface area contributed by atoms with E-state index in [1.165, 1.54) is 0 Å². The third-order valence-corrected chi connectivity index (χ3v) is 4.41. The molecule has 7 heteroatoms. The van der Waals surface area contributed by atoms with Gasteiger partial charge in [-0.05, 0) is 29.8 Å². The van der Waals surface area contributed by atoms with E-state index >= 15 is 0 Å². The first-order valence-electron chi connectivity index (χ1n) is 8.63. The SMILES string of the molecule is O=C(Cc1ccc2c(c1)OCCO2)OCCN1C(=O)c2ccccc2C1=O. The van der Waals surface area contributed by atoms with Crippen LogP contribution in [0.2, 0.25) is 0 Å². The first-order valence-corrected chi connectivity index (χ1v) is 8.63. The Morgan fingerprint density at radius 3 is 2.33 bits per heavy atom. The van der Waals surface area contributed by atoms with Crippen molar-refractivity contribution in [2.75, 3.05) is 26.4 Å². The molecule has 2 aliphatic heterocycles. The van der Waals surface area contributed by atoms with Crippen LogP contribution in [0.25, 0.3) is 0 Å². The largest absolute Gasteiger partial charge is 0.486 e. The van der Waals surface area contributed by atoms with E-state index < -0.39 is 5.97 Å². The molecule has 27 heavy (non-hydrogen) atoms. The van der Waals surface area contributed by atoms with Gasteiger partial charge >= 0.3 is 5.97 Å². The van der Waals surface area contributed by atoms with E-state index in [1.807, 2.05) is 0 Å². The topological polar surface area (TPSA) is 82.1 Å². The maximum atomic E-state index is 12.2. The van der Waals surface area contributed by atoms with Gasteiger partial charge in [-0.1, -0.05) is 18.2 Å². The molecule has 0 spiro atoms. The highest BCUT2D eigenvalue weighted by atomic mass is 16.6. The zero-order valence-corrected chi connectivity index (χ0v) is 14.5. The Labute approximate surface area is 155 Å². The quantitative estimate of drug-likeness (QED) is 0.592. The number of amides is 2. The van der Waals surface area contributed by atoms with Crippen molar-refractivity contribution in [3.63, 3.8) is 0 Å². The molecule has 0 saturated heterocycles. The first-order chi connectivity index (χ1) is 13.1. The number of rotatable bonds is 5. The molecule has 0 radical (unpaired) electrons. The fraction of sp³-hybridized carbons (Fsp3) is 0.250. The number of fused-ring (bicyclic) bond motifs is 2. The number of imide groups is 1. The highest BCUT2D eigenvalue weighted by molar-refractivity contribution is 6.21. The van der Waals surface area contributed by atoms with Gasteiger partial charge in [0.05, 0.1) is 24.1 Å². The molecule has 2 amide bonds. The number of carbonyl (C=O) groups is 3. The Kier molecular flexibility index (Phi) is 4.50. The highest BCUT2D eigenvalue weighted by Gasteiger charge is 2.34. The van der Waals surface area contributed by atoms with Gasteiger partial charge in [-0.3, -0.25) is 19.3 Å². The van der Waals surface area contributed by atoms with Crippen molar-refractivity contribution in [3.05, 3.63) is 59.2 Å². The van der Waals surface area contributed by atoms with Gasteiger partial charge in [0.1, 0.15) is 19.8 Å². The zero-order valence-electron chi connectivity index (χ0n) is 14.5. The van der Waals surface area contributed by atoms with E-state index in [-0.39, 0.29) is 31.4 Å². The molecule has 4 rings (SSSR count). The lowest BCUT2D eigenvalue weighted by Crippen LogP contribution is -2.33. The van der Waals surface area contributed by atoms with Gasteiger partial charge in [0.2, 0.25) is 0 Å². The standard InChI is InChI=1S/C20H17NO6/c22-18(12-13-5-6-16-17(11-13)26-10-9-25-16)27-8-7-21-19(23)14-3-1-2-4-15(14)20(21)24/h1-6,11H,7-10,12H2. The van der Waals surface area contributed by atoms with Crippen LogP contribution in [0.4, 0.5) is 0 Å². The number of esters is 1. The molecule has 0 aromatic heterocycles. The van der Waals surface area contributed by atoms with Crippen LogP contribution < -0.4 is 9.47 Å². The minimum Gasteiger partial charge on any atom is -0.486 e. The van der Waals surface area contributed by atoms with Crippen LogP contribution in [0.5, 0.6) is 11.5 Å². The number of carbonyl (C=O) groups excluding carboxylic acids is 3. The molecule has 2 aromatic rings. The number of ether oxygens (including phenoxy) is 3. The second kappa shape index (κ2) is 7.11. The minimum atomic E-state index is -0.441. The molecule has 2 aromatic carbocycles. The van der Waals surface area contributed by atoms with Crippen molar-refractivity contribution >= 4 is 17.8 Å². The van der Waals surface area contributed by atoms with E-state index in [0.29, 0.717) is 35.8 Å². The van der Waals surface area contributed by atoms with Crippen molar-refractivity contribution in [3.8, 4) is 11.5 Å². The Morgan fingerprint density at radius 2 is 1.63 bits per heavy atom. The summed E-state index contributed by atoms with van der Waals surface area (Å²) in [6.07, 6.45) is 0.0682. The lowest BCUT2D eigenvalue weighted by molar-refractivity contribution is -0.143. The van der Waals surface area contributed by atoms with E-state index in [0.717, 1.165) is 10.5 Å². The van der Waals surface area contributed by atoms with Crippen molar-refractivity contribution in [2.45, 2.75) is 6.42 Å². The summed E-state index contributed by atoms with van der Waals surface area (Å²) in [5, 5.41) is 0.